The van der Waals surface area contributed by atoms with Crippen LogP contribution in [-0.2, 0) is 34.0 Å². The van der Waals surface area contributed by atoms with Gasteiger partial charge >= 0.3 is 0 Å². The van der Waals surface area contributed by atoms with Gasteiger partial charge in [0.2, 0.25) is 5.91 Å². The van der Waals surface area contributed by atoms with Crippen molar-refractivity contribution < 1.29 is 28.2 Å². The predicted molar refractivity (Wildman–Crippen MR) is 127 cm³/mol. The zero-order valence-electron chi connectivity index (χ0n) is 19.9. The third kappa shape index (κ3) is 6.46. The molecule has 0 bridgehead atoms. The zero-order chi connectivity index (χ0) is 24.6. The SMILES string of the molecule is COCc1ccc(C(=O)N2CC(=O)N(Cc3ccccn3)C[C@@H](OCc3cccc(OC)c3)C2)o1. The molecule has 1 aromatic carbocycles. The summed E-state index contributed by atoms with van der Waals surface area (Å²) in [5.41, 5.74) is 1.70. The number of aromatic nitrogens is 1. The van der Waals surface area contributed by atoms with Gasteiger partial charge in [-0.25, -0.2) is 0 Å². The van der Waals surface area contributed by atoms with Crippen molar-refractivity contribution in [1.29, 1.82) is 0 Å². The van der Waals surface area contributed by atoms with Gasteiger partial charge in [-0.05, 0) is 42.0 Å². The number of carbonyl (C=O) groups is 2. The van der Waals surface area contributed by atoms with Gasteiger partial charge in [-0.15, -0.1) is 0 Å². The van der Waals surface area contributed by atoms with Gasteiger partial charge in [0, 0.05) is 26.4 Å². The van der Waals surface area contributed by atoms with Crippen LogP contribution in [0.2, 0.25) is 0 Å². The van der Waals surface area contributed by atoms with Crippen LogP contribution in [0.3, 0.4) is 0 Å². The molecular weight excluding hydrogens is 450 g/mol. The molecule has 0 saturated carbocycles. The molecule has 1 saturated heterocycles. The molecule has 9 heteroatoms. The maximum absolute atomic E-state index is 13.2. The van der Waals surface area contributed by atoms with Crippen LogP contribution in [-0.4, -0.2) is 66.6 Å². The molecule has 9 nitrogen and oxygen atoms in total. The number of pyridine rings is 1. The predicted octanol–water partition coefficient (Wildman–Crippen LogP) is 2.90. The highest BCUT2D eigenvalue weighted by Gasteiger charge is 2.32. The number of ether oxygens (including phenoxy) is 3. The van der Waals surface area contributed by atoms with Crippen LogP contribution in [0.1, 0.15) is 27.6 Å². The second-order valence-electron chi connectivity index (χ2n) is 8.26. The van der Waals surface area contributed by atoms with Crippen molar-refractivity contribution in [3.05, 3.63) is 83.6 Å². The molecule has 1 fully saturated rings. The first-order chi connectivity index (χ1) is 17.1. The Balaban J connectivity index is 1.52. The Labute approximate surface area is 204 Å². The average Bonchev–Trinajstić information content (AvgIpc) is 3.29. The van der Waals surface area contributed by atoms with E-state index >= 15 is 0 Å². The van der Waals surface area contributed by atoms with Crippen molar-refractivity contribution in [3.8, 4) is 5.75 Å². The van der Waals surface area contributed by atoms with E-state index in [1.165, 1.54) is 4.90 Å². The molecule has 0 spiro atoms. The summed E-state index contributed by atoms with van der Waals surface area (Å²) in [7, 11) is 3.17. The fourth-order valence-corrected chi connectivity index (χ4v) is 3.92. The van der Waals surface area contributed by atoms with Gasteiger partial charge in [0.1, 0.15) is 24.7 Å². The minimum atomic E-state index is -0.409. The van der Waals surface area contributed by atoms with Gasteiger partial charge in [0.05, 0.1) is 32.1 Å². The lowest BCUT2D eigenvalue weighted by atomic mass is 10.2. The Kier molecular flexibility index (Phi) is 8.12. The normalized spacial score (nSPS) is 16.3. The topological polar surface area (TPSA) is 94.3 Å². The quantitative estimate of drug-likeness (QED) is 0.466. The van der Waals surface area contributed by atoms with E-state index in [0.29, 0.717) is 25.5 Å². The molecule has 3 aromatic rings. The van der Waals surface area contributed by atoms with Crippen LogP contribution in [0.25, 0.3) is 0 Å². The molecule has 1 atom stereocenters. The molecule has 35 heavy (non-hydrogen) atoms. The second kappa shape index (κ2) is 11.6. The van der Waals surface area contributed by atoms with Crippen LogP contribution < -0.4 is 4.74 Å². The van der Waals surface area contributed by atoms with E-state index in [2.05, 4.69) is 4.98 Å². The van der Waals surface area contributed by atoms with Crippen molar-refractivity contribution in [1.82, 2.24) is 14.8 Å². The zero-order valence-corrected chi connectivity index (χ0v) is 19.9. The summed E-state index contributed by atoms with van der Waals surface area (Å²) in [6.45, 7) is 1.40. The smallest absolute Gasteiger partial charge is 0.290 e. The van der Waals surface area contributed by atoms with E-state index in [-0.39, 0.29) is 37.3 Å². The lowest BCUT2D eigenvalue weighted by Crippen LogP contribution is -2.39. The van der Waals surface area contributed by atoms with Gasteiger partial charge in [-0.3, -0.25) is 14.6 Å². The average molecular weight is 480 g/mol. The number of nitrogens with zero attached hydrogens (tertiary/aromatic N) is 3. The molecule has 0 N–H and O–H groups in total. The molecule has 2 aromatic heterocycles. The summed E-state index contributed by atoms with van der Waals surface area (Å²) >= 11 is 0. The molecule has 0 unspecified atom stereocenters. The van der Waals surface area contributed by atoms with E-state index in [1.54, 1.807) is 37.4 Å². The molecule has 3 heterocycles. The lowest BCUT2D eigenvalue weighted by Gasteiger charge is -2.24. The number of hydrogen-bond donors (Lipinski definition) is 0. The van der Waals surface area contributed by atoms with Crippen molar-refractivity contribution in [2.75, 3.05) is 33.9 Å². The highest BCUT2D eigenvalue weighted by atomic mass is 16.5. The summed E-state index contributed by atoms with van der Waals surface area (Å²) in [6.07, 6.45) is 1.28. The molecule has 0 aliphatic carbocycles. The largest absolute Gasteiger partial charge is 0.497 e. The van der Waals surface area contributed by atoms with Crippen LogP contribution in [0.15, 0.2) is 65.2 Å². The van der Waals surface area contributed by atoms with Crippen LogP contribution in [0.5, 0.6) is 5.75 Å². The highest BCUT2D eigenvalue weighted by Crippen LogP contribution is 2.19. The number of furan rings is 1. The fourth-order valence-electron chi connectivity index (χ4n) is 3.92. The number of rotatable bonds is 9. The standard InChI is InChI=1S/C26H29N3O6/c1-32-18-22-9-10-24(35-22)26(31)29-15-23(34-17-19-6-5-8-21(12-19)33-2)14-28(25(30)16-29)13-20-7-3-4-11-27-20/h3-12,23H,13-18H2,1-2H3/t23-/m1/s1. The summed E-state index contributed by atoms with van der Waals surface area (Å²) < 4.78 is 22.2. The van der Waals surface area contributed by atoms with Crippen molar-refractivity contribution in [3.63, 3.8) is 0 Å². The van der Waals surface area contributed by atoms with E-state index < -0.39 is 6.10 Å². The molecule has 0 radical (unpaired) electrons. The van der Waals surface area contributed by atoms with E-state index in [1.807, 2.05) is 42.5 Å². The fraction of sp³-hybridized carbons (Fsp3) is 0.346. The summed E-state index contributed by atoms with van der Waals surface area (Å²) in [5.74, 6) is 0.894. The molecule has 184 valence electrons. The summed E-state index contributed by atoms with van der Waals surface area (Å²) in [5, 5.41) is 0. The minimum Gasteiger partial charge on any atom is -0.497 e. The first-order valence-electron chi connectivity index (χ1n) is 11.3. The maximum atomic E-state index is 13.2. The van der Waals surface area contributed by atoms with Gasteiger partial charge in [0.25, 0.3) is 5.91 Å². The summed E-state index contributed by atoms with van der Waals surface area (Å²) in [6, 6.07) is 16.5. The van der Waals surface area contributed by atoms with E-state index in [4.69, 9.17) is 18.6 Å². The summed E-state index contributed by atoms with van der Waals surface area (Å²) in [4.78, 5) is 33.9. The van der Waals surface area contributed by atoms with Gasteiger partial charge in [-0.1, -0.05) is 18.2 Å². The first kappa shape index (κ1) is 24.4. The Hall–Kier alpha value is -3.69. The second-order valence-corrected chi connectivity index (χ2v) is 8.26. The van der Waals surface area contributed by atoms with E-state index in [9.17, 15) is 9.59 Å². The third-order valence-electron chi connectivity index (χ3n) is 5.67. The van der Waals surface area contributed by atoms with Crippen molar-refractivity contribution >= 4 is 11.8 Å². The van der Waals surface area contributed by atoms with Crippen LogP contribution in [0, 0.1) is 0 Å². The third-order valence-corrected chi connectivity index (χ3v) is 5.67. The molecule has 1 aliphatic rings. The Morgan fingerprint density at radius 3 is 2.74 bits per heavy atom. The van der Waals surface area contributed by atoms with Gasteiger partial charge < -0.3 is 28.4 Å². The number of amides is 2. The minimum absolute atomic E-state index is 0.0784. The highest BCUT2D eigenvalue weighted by molar-refractivity contribution is 5.94. The number of hydrogen-bond acceptors (Lipinski definition) is 7. The number of carbonyl (C=O) groups excluding carboxylic acids is 2. The number of methoxy groups -OCH3 is 2. The maximum Gasteiger partial charge on any atom is 0.290 e. The Morgan fingerprint density at radius 2 is 1.97 bits per heavy atom. The Bertz CT molecular complexity index is 1130. The monoisotopic (exact) mass is 479 g/mol. The van der Waals surface area contributed by atoms with Crippen molar-refractivity contribution in [2.24, 2.45) is 0 Å². The molecule has 4 rings (SSSR count). The first-order valence-corrected chi connectivity index (χ1v) is 11.3. The van der Waals surface area contributed by atoms with Crippen LogP contribution in [0.4, 0.5) is 0 Å². The number of benzene rings is 1. The van der Waals surface area contributed by atoms with Crippen LogP contribution >= 0.6 is 0 Å². The van der Waals surface area contributed by atoms with Crippen molar-refractivity contribution in [2.45, 2.75) is 25.9 Å². The van der Waals surface area contributed by atoms with Gasteiger partial charge in [0.15, 0.2) is 5.76 Å². The molecule has 1 aliphatic heterocycles. The van der Waals surface area contributed by atoms with E-state index in [0.717, 1.165) is 17.0 Å². The Morgan fingerprint density at radius 1 is 1.09 bits per heavy atom. The molecular formula is C26H29N3O6. The van der Waals surface area contributed by atoms with Gasteiger partial charge in [-0.2, -0.15) is 0 Å². The molecule has 2 amide bonds. The lowest BCUT2D eigenvalue weighted by molar-refractivity contribution is -0.132.